The molecule has 0 saturated heterocycles. The maximum absolute atomic E-state index is 10.7. The van der Waals surface area contributed by atoms with Gasteiger partial charge in [-0.2, -0.15) is 5.26 Å². The lowest BCUT2D eigenvalue weighted by molar-refractivity contribution is -0.384. The summed E-state index contributed by atoms with van der Waals surface area (Å²) >= 11 is 1.39. The highest BCUT2D eigenvalue weighted by molar-refractivity contribution is 7.99. The molecule has 1 atom stereocenters. The van der Waals surface area contributed by atoms with E-state index in [-0.39, 0.29) is 16.8 Å². The summed E-state index contributed by atoms with van der Waals surface area (Å²) in [5.41, 5.74) is 1.13. The molecule has 1 aromatic carbocycles. The quantitative estimate of drug-likeness (QED) is 0.386. The average Bonchev–Trinajstić information content (AvgIpc) is 3.12. The summed E-state index contributed by atoms with van der Waals surface area (Å²) in [4.78, 5) is 14.4. The summed E-state index contributed by atoms with van der Waals surface area (Å²) in [5, 5.41) is 28.1. The molecule has 0 radical (unpaired) electrons. The third-order valence-electron chi connectivity index (χ3n) is 3.27. The Morgan fingerprint density at radius 3 is 2.72 bits per heavy atom. The van der Waals surface area contributed by atoms with Gasteiger partial charge in [0.1, 0.15) is 0 Å². The first-order valence-electron chi connectivity index (χ1n) is 7.18. The second-order valence-corrected chi connectivity index (χ2v) is 6.37. The van der Waals surface area contributed by atoms with Gasteiger partial charge in [0.25, 0.3) is 5.69 Å². The largest absolute Gasteiger partial charge is 0.419 e. The van der Waals surface area contributed by atoms with Crippen LogP contribution in [0, 0.1) is 21.4 Å². The molecule has 0 aliphatic heterocycles. The predicted octanol–water partition coefficient (Wildman–Crippen LogP) is 3.76. The molecule has 0 N–H and O–H groups in total. The molecule has 2 aromatic heterocycles. The van der Waals surface area contributed by atoms with Crippen molar-refractivity contribution in [3.05, 3.63) is 64.2 Å². The van der Waals surface area contributed by atoms with Crippen LogP contribution >= 0.6 is 11.8 Å². The molecule has 2 heterocycles. The van der Waals surface area contributed by atoms with E-state index in [0.717, 1.165) is 0 Å². The smallest absolute Gasteiger partial charge is 0.269 e. The van der Waals surface area contributed by atoms with Crippen LogP contribution in [0.3, 0.4) is 0 Å². The van der Waals surface area contributed by atoms with Crippen molar-refractivity contribution in [2.45, 2.75) is 17.2 Å². The van der Waals surface area contributed by atoms with Crippen molar-refractivity contribution in [1.82, 2.24) is 15.2 Å². The number of non-ortho nitro benzene ring substituents is 1. The number of nitro groups is 1. The molecule has 9 heteroatoms. The first kappa shape index (κ1) is 16.6. The van der Waals surface area contributed by atoms with Crippen LogP contribution in [0.4, 0.5) is 5.69 Å². The molecule has 8 nitrogen and oxygen atoms in total. The zero-order chi connectivity index (χ0) is 17.8. The number of aromatic nitrogens is 3. The standard InChI is InChI=1S/C16H11N5O3S/c1-10(25-14-8-11(9-17)6-7-18-14)15-19-20-16(24-15)12-2-4-13(5-3-12)21(22)23/h2-8,10H,1H3. The Hall–Kier alpha value is -3.25. The van der Waals surface area contributed by atoms with Crippen LogP contribution in [0.15, 0.2) is 52.0 Å². The zero-order valence-electron chi connectivity index (χ0n) is 13.0. The summed E-state index contributed by atoms with van der Waals surface area (Å²) in [6.45, 7) is 1.89. The fraction of sp³-hybridized carbons (Fsp3) is 0.125. The minimum absolute atomic E-state index is 0.00383. The van der Waals surface area contributed by atoms with Crippen molar-refractivity contribution >= 4 is 17.4 Å². The average molecular weight is 353 g/mol. The van der Waals surface area contributed by atoms with Gasteiger partial charge in [0, 0.05) is 23.9 Å². The molecule has 0 amide bonds. The van der Waals surface area contributed by atoms with E-state index < -0.39 is 4.92 Å². The van der Waals surface area contributed by atoms with E-state index >= 15 is 0 Å². The first-order chi connectivity index (χ1) is 12.1. The summed E-state index contributed by atoms with van der Waals surface area (Å²) in [6.07, 6.45) is 1.57. The molecule has 3 aromatic rings. The number of nitriles is 1. The molecule has 0 spiro atoms. The highest BCUT2D eigenvalue weighted by Gasteiger charge is 2.17. The van der Waals surface area contributed by atoms with E-state index in [1.54, 1.807) is 30.5 Å². The Balaban J connectivity index is 1.76. The van der Waals surface area contributed by atoms with Crippen molar-refractivity contribution in [1.29, 1.82) is 5.26 Å². The number of pyridine rings is 1. The molecule has 0 fully saturated rings. The molecule has 1 unspecified atom stereocenters. The highest BCUT2D eigenvalue weighted by Crippen LogP contribution is 2.34. The van der Waals surface area contributed by atoms with E-state index in [4.69, 9.17) is 9.68 Å². The van der Waals surface area contributed by atoms with Crippen LogP contribution in [-0.4, -0.2) is 20.1 Å². The van der Waals surface area contributed by atoms with Crippen LogP contribution < -0.4 is 0 Å². The van der Waals surface area contributed by atoms with Crippen molar-refractivity contribution in [3.8, 4) is 17.5 Å². The van der Waals surface area contributed by atoms with Crippen molar-refractivity contribution in [3.63, 3.8) is 0 Å². The molecule has 3 rings (SSSR count). The fourth-order valence-corrected chi connectivity index (χ4v) is 2.89. The van der Waals surface area contributed by atoms with E-state index in [2.05, 4.69) is 21.3 Å². The van der Waals surface area contributed by atoms with Gasteiger partial charge < -0.3 is 4.42 Å². The molecule has 0 saturated carbocycles. The van der Waals surface area contributed by atoms with E-state index in [0.29, 0.717) is 22.0 Å². The lowest BCUT2D eigenvalue weighted by atomic mass is 10.2. The van der Waals surface area contributed by atoms with Crippen LogP contribution in [0.25, 0.3) is 11.5 Å². The molecule has 0 bridgehead atoms. The van der Waals surface area contributed by atoms with Crippen LogP contribution in [0.5, 0.6) is 0 Å². The maximum atomic E-state index is 10.7. The first-order valence-corrected chi connectivity index (χ1v) is 8.06. The fourth-order valence-electron chi connectivity index (χ4n) is 2.02. The van der Waals surface area contributed by atoms with Crippen LogP contribution in [0.1, 0.15) is 23.6 Å². The summed E-state index contributed by atoms with van der Waals surface area (Å²) in [6, 6.07) is 11.3. The molecule has 124 valence electrons. The zero-order valence-corrected chi connectivity index (χ0v) is 13.8. The van der Waals surface area contributed by atoms with Crippen molar-refractivity contribution < 1.29 is 9.34 Å². The van der Waals surface area contributed by atoms with Gasteiger partial charge in [-0.05, 0) is 31.2 Å². The number of benzene rings is 1. The van der Waals surface area contributed by atoms with Crippen LogP contribution in [-0.2, 0) is 0 Å². The summed E-state index contributed by atoms with van der Waals surface area (Å²) < 4.78 is 5.65. The molecule has 0 aliphatic carbocycles. The van der Waals surface area contributed by atoms with Gasteiger partial charge in [-0.3, -0.25) is 10.1 Å². The van der Waals surface area contributed by atoms with Gasteiger partial charge in [-0.25, -0.2) is 4.98 Å². The minimum atomic E-state index is -0.468. The summed E-state index contributed by atoms with van der Waals surface area (Å²) in [5.74, 6) is 0.693. The Morgan fingerprint density at radius 2 is 2.04 bits per heavy atom. The SMILES string of the molecule is CC(Sc1cc(C#N)ccn1)c1nnc(-c2ccc([N+](=O)[O-])cc2)o1. The van der Waals surface area contributed by atoms with Gasteiger partial charge in [-0.1, -0.05) is 11.8 Å². The maximum Gasteiger partial charge on any atom is 0.269 e. The normalized spacial score (nSPS) is 11.7. The van der Waals surface area contributed by atoms with Gasteiger partial charge in [0.05, 0.1) is 26.8 Å². The topological polar surface area (TPSA) is 119 Å². The Kier molecular flexibility index (Phi) is 4.72. The molecule has 25 heavy (non-hydrogen) atoms. The van der Waals surface area contributed by atoms with Crippen molar-refractivity contribution in [2.24, 2.45) is 0 Å². The lowest BCUT2D eigenvalue weighted by Crippen LogP contribution is -1.90. The number of hydrogen-bond donors (Lipinski definition) is 0. The molecular formula is C16H11N5O3S. The Bertz CT molecular complexity index is 949. The Morgan fingerprint density at radius 1 is 1.28 bits per heavy atom. The summed E-state index contributed by atoms with van der Waals surface area (Å²) in [7, 11) is 0. The minimum Gasteiger partial charge on any atom is -0.419 e. The van der Waals surface area contributed by atoms with E-state index in [9.17, 15) is 10.1 Å². The third-order valence-corrected chi connectivity index (χ3v) is 4.29. The lowest BCUT2D eigenvalue weighted by Gasteiger charge is -2.05. The third kappa shape index (κ3) is 3.81. The van der Waals surface area contributed by atoms with Gasteiger partial charge in [-0.15, -0.1) is 10.2 Å². The number of nitrogens with zero attached hydrogens (tertiary/aromatic N) is 5. The Labute approximate surface area is 146 Å². The van der Waals surface area contributed by atoms with Gasteiger partial charge in [0.15, 0.2) is 0 Å². The van der Waals surface area contributed by atoms with Crippen LogP contribution in [0.2, 0.25) is 0 Å². The number of nitro benzene ring substituents is 1. The second kappa shape index (κ2) is 7.11. The number of hydrogen-bond acceptors (Lipinski definition) is 8. The van der Waals surface area contributed by atoms with Crippen molar-refractivity contribution in [2.75, 3.05) is 0 Å². The van der Waals surface area contributed by atoms with E-state index in [1.807, 2.05) is 6.92 Å². The number of rotatable bonds is 5. The molecule has 0 aliphatic rings. The predicted molar refractivity (Wildman–Crippen MR) is 89.6 cm³/mol. The molecular weight excluding hydrogens is 342 g/mol. The van der Waals surface area contributed by atoms with E-state index in [1.165, 1.54) is 23.9 Å². The second-order valence-electron chi connectivity index (χ2n) is 5.00. The van der Waals surface area contributed by atoms with Gasteiger partial charge >= 0.3 is 0 Å². The monoisotopic (exact) mass is 353 g/mol. The van der Waals surface area contributed by atoms with Gasteiger partial charge in [0.2, 0.25) is 11.8 Å². The highest BCUT2D eigenvalue weighted by atomic mass is 32.2. The number of thioether (sulfide) groups is 1.